The predicted octanol–water partition coefficient (Wildman–Crippen LogP) is 4.29. The highest BCUT2D eigenvalue weighted by Crippen LogP contribution is 2.24. The molecular formula is C16H14N2O3. The minimum absolute atomic E-state index is 0.121. The highest BCUT2D eigenvalue weighted by Gasteiger charge is 2.05. The zero-order valence-electron chi connectivity index (χ0n) is 11.5. The van der Waals surface area contributed by atoms with E-state index in [1.807, 2.05) is 0 Å². The Bertz CT molecular complexity index is 708. The van der Waals surface area contributed by atoms with Crippen molar-refractivity contribution in [1.29, 1.82) is 0 Å². The van der Waals surface area contributed by atoms with Gasteiger partial charge in [0.25, 0.3) is 0 Å². The monoisotopic (exact) mass is 282 g/mol. The van der Waals surface area contributed by atoms with E-state index in [1.165, 1.54) is 6.07 Å². The molecule has 0 saturated heterocycles. The fourth-order valence-electron chi connectivity index (χ4n) is 1.47. The number of phenols is 1. The maximum Gasteiger partial charge on any atom is 0.338 e. The molecule has 106 valence electrons. The van der Waals surface area contributed by atoms with Gasteiger partial charge in [-0.25, -0.2) is 4.79 Å². The third-order valence-electron chi connectivity index (χ3n) is 2.49. The van der Waals surface area contributed by atoms with Crippen LogP contribution in [0.5, 0.6) is 11.5 Å². The van der Waals surface area contributed by atoms with Crippen molar-refractivity contribution in [1.82, 2.24) is 0 Å². The van der Waals surface area contributed by atoms with E-state index >= 15 is 0 Å². The molecule has 0 aliphatic carbocycles. The summed E-state index contributed by atoms with van der Waals surface area (Å²) in [6, 6.07) is 13.1. The Kier molecular flexibility index (Phi) is 4.46. The minimum atomic E-state index is -0.489. The van der Waals surface area contributed by atoms with Gasteiger partial charge in [-0.05, 0) is 31.2 Å². The number of carbonyl (C=O) groups excluding carboxylic acids is 1. The first kappa shape index (κ1) is 14.5. The number of hydrogen-bond acceptors (Lipinski definition) is 5. The van der Waals surface area contributed by atoms with E-state index in [-0.39, 0.29) is 5.75 Å². The SMILES string of the molecule is C=C(C)C(=O)Oc1cccc(N=Nc2cccc(O)c2)c1. The van der Waals surface area contributed by atoms with Crippen molar-refractivity contribution < 1.29 is 14.6 Å². The molecule has 0 aliphatic heterocycles. The fraction of sp³-hybridized carbons (Fsp3) is 0.0625. The number of benzene rings is 2. The summed E-state index contributed by atoms with van der Waals surface area (Å²) in [6.07, 6.45) is 0. The summed E-state index contributed by atoms with van der Waals surface area (Å²) in [6.45, 7) is 5.09. The number of phenolic OH excluding ortho intramolecular Hbond substituents is 1. The summed E-state index contributed by atoms with van der Waals surface area (Å²) in [4.78, 5) is 11.4. The van der Waals surface area contributed by atoms with Gasteiger partial charge < -0.3 is 9.84 Å². The van der Waals surface area contributed by atoms with Crippen LogP contribution in [0.2, 0.25) is 0 Å². The van der Waals surface area contributed by atoms with Gasteiger partial charge in [0.2, 0.25) is 0 Å². The van der Waals surface area contributed by atoms with Crippen molar-refractivity contribution in [2.45, 2.75) is 6.92 Å². The average Bonchev–Trinajstić information content (AvgIpc) is 2.45. The molecule has 0 fully saturated rings. The van der Waals surface area contributed by atoms with E-state index in [1.54, 1.807) is 49.4 Å². The van der Waals surface area contributed by atoms with Crippen molar-refractivity contribution in [2.75, 3.05) is 0 Å². The van der Waals surface area contributed by atoms with Gasteiger partial charge in [0.1, 0.15) is 11.5 Å². The summed E-state index contributed by atoms with van der Waals surface area (Å²) in [5, 5.41) is 17.4. The van der Waals surface area contributed by atoms with Crippen LogP contribution in [0.1, 0.15) is 6.92 Å². The second-order valence-electron chi connectivity index (χ2n) is 4.39. The first-order chi connectivity index (χ1) is 10.0. The van der Waals surface area contributed by atoms with Gasteiger partial charge in [-0.15, -0.1) is 0 Å². The van der Waals surface area contributed by atoms with Gasteiger partial charge in [0.15, 0.2) is 0 Å². The first-order valence-electron chi connectivity index (χ1n) is 6.23. The molecule has 5 nitrogen and oxygen atoms in total. The van der Waals surface area contributed by atoms with Crippen LogP contribution in [-0.2, 0) is 4.79 Å². The van der Waals surface area contributed by atoms with Crippen LogP contribution in [0.3, 0.4) is 0 Å². The number of nitrogens with zero attached hydrogens (tertiary/aromatic N) is 2. The van der Waals surface area contributed by atoms with E-state index in [0.717, 1.165) is 0 Å². The van der Waals surface area contributed by atoms with Crippen LogP contribution < -0.4 is 4.74 Å². The van der Waals surface area contributed by atoms with Gasteiger partial charge in [-0.3, -0.25) is 0 Å². The molecule has 5 heteroatoms. The molecule has 0 heterocycles. The molecule has 0 saturated carbocycles. The Hall–Kier alpha value is -2.95. The summed E-state index contributed by atoms with van der Waals surface area (Å²) in [5.41, 5.74) is 1.38. The average molecular weight is 282 g/mol. The Morgan fingerprint density at radius 3 is 2.33 bits per heavy atom. The standard InChI is InChI=1S/C16H14N2O3/c1-11(2)16(20)21-15-8-4-6-13(10-15)18-17-12-5-3-7-14(19)9-12/h3-10,19H,1H2,2H3. The lowest BCUT2D eigenvalue weighted by Gasteiger charge is -2.03. The normalized spacial score (nSPS) is 10.5. The van der Waals surface area contributed by atoms with E-state index in [9.17, 15) is 9.90 Å². The number of esters is 1. The largest absolute Gasteiger partial charge is 0.508 e. The molecule has 0 bridgehead atoms. The lowest BCUT2D eigenvalue weighted by atomic mass is 10.3. The van der Waals surface area contributed by atoms with Crippen LogP contribution in [0.15, 0.2) is 70.9 Å². The molecule has 2 rings (SSSR count). The maximum atomic E-state index is 11.4. The Morgan fingerprint density at radius 2 is 1.71 bits per heavy atom. The van der Waals surface area contributed by atoms with Crippen LogP contribution >= 0.6 is 0 Å². The molecule has 2 aromatic carbocycles. The number of azo groups is 1. The van der Waals surface area contributed by atoms with Gasteiger partial charge in [0.05, 0.1) is 11.4 Å². The van der Waals surface area contributed by atoms with E-state index in [0.29, 0.717) is 22.7 Å². The Labute approximate surface area is 122 Å². The lowest BCUT2D eigenvalue weighted by molar-refractivity contribution is -0.130. The zero-order valence-corrected chi connectivity index (χ0v) is 11.5. The van der Waals surface area contributed by atoms with Crippen molar-refractivity contribution in [3.8, 4) is 11.5 Å². The van der Waals surface area contributed by atoms with Gasteiger partial charge in [-0.2, -0.15) is 10.2 Å². The number of ether oxygens (including phenoxy) is 1. The van der Waals surface area contributed by atoms with E-state index < -0.39 is 5.97 Å². The highest BCUT2D eigenvalue weighted by molar-refractivity contribution is 5.88. The molecule has 0 aromatic heterocycles. The number of rotatable bonds is 4. The highest BCUT2D eigenvalue weighted by atomic mass is 16.5. The second-order valence-corrected chi connectivity index (χ2v) is 4.39. The molecule has 0 spiro atoms. The molecule has 0 unspecified atom stereocenters. The topological polar surface area (TPSA) is 71.2 Å². The number of carbonyl (C=O) groups is 1. The molecule has 0 radical (unpaired) electrons. The smallest absolute Gasteiger partial charge is 0.338 e. The molecule has 1 N–H and O–H groups in total. The first-order valence-corrected chi connectivity index (χ1v) is 6.23. The second kappa shape index (κ2) is 6.47. The van der Waals surface area contributed by atoms with Gasteiger partial charge in [0, 0.05) is 17.7 Å². The summed E-state index contributed by atoms with van der Waals surface area (Å²) < 4.78 is 5.11. The third-order valence-corrected chi connectivity index (χ3v) is 2.49. The molecule has 21 heavy (non-hydrogen) atoms. The zero-order chi connectivity index (χ0) is 15.2. The van der Waals surface area contributed by atoms with E-state index in [2.05, 4.69) is 16.8 Å². The molecule has 0 amide bonds. The molecule has 0 aliphatic rings. The maximum absolute atomic E-state index is 11.4. The Balaban J connectivity index is 2.14. The molecule has 2 aromatic rings. The van der Waals surface area contributed by atoms with Crippen molar-refractivity contribution in [2.24, 2.45) is 10.2 Å². The van der Waals surface area contributed by atoms with Crippen molar-refractivity contribution in [3.63, 3.8) is 0 Å². The summed E-state index contributed by atoms with van der Waals surface area (Å²) in [7, 11) is 0. The van der Waals surface area contributed by atoms with E-state index in [4.69, 9.17) is 4.74 Å². The third kappa shape index (κ3) is 4.28. The van der Waals surface area contributed by atoms with Crippen molar-refractivity contribution in [3.05, 3.63) is 60.7 Å². The lowest BCUT2D eigenvalue weighted by Crippen LogP contribution is -2.07. The quantitative estimate of drug-likeness (QED) is 0.393. The number of hydrogen-bond donors (Lipinski definition) is 1. The molecular weight excluding hydrogens is 268 g/mol. The van der Waals surface area contributed by atoms with Crippen LogP contribution in [0.4, 0.5) is 11.4 Å². The summed E-state index contributed by atoms with van der Waals surface area (Å²) in [5.74, 6) is 0.00279. The fourth-order valence-corrected chi connectivity index (χ4v) is 1.47. The van der Waals surface area contributed by atoms with Gasteiger partial charge in [-0.1, -0.05) is 18.7 Å². The van der Waals surface area contributed by atoms with Crippen LogP contribution in [0.25, 0.3) is 0 Å². The summed E-state index contributed by atoms with van der Waals surface area (Å²) >= 11 is 0. The van der Waals surface area contributed by atoms with Gasteiger partial charge >= 0.3 is 5.97 Å². The Morgan fingerprint density at radius 1 is 1.10 bits per heavy atom. The van der Waals surface area contributed by atoms with Crippen LogP contribution in [0, 0.1) is 0 Å². The number of aromatic hydroxyl groups is 1. The van der Waals surface area contributed by atoms with Crippen molar-refractivity contribution >= 4 is 17.3 Å². The predicted molar refractivity (Wildman–Crippen MR) is 79.2 cm³/mol. The minimum Gasteiger partial charge on any atom is -0.508 e. The molecule has 0 atom stereocenters. The van der Waals surface area contributed by atoms with Crippen LogP contribution in [-0.4, -0.2) is 11.1 Å².